The maximum atomic E-state index is 10.7. The molecule has 1 aromatic heterocycles. The van der Waals surface area contributed by atoms with Gasteiger partial charge in [-0.3, -0.25) is 9.59 Å². The highest BCUT2D eigenvalue weighted by atomic mass is 35.5. The molecule has 0 aliphatic carbocycles. The Bertz CT molecular complexity index is 378. The van der Waals surface area contributed by atoms with Gasteiger partial charge in [0.25, 0.3) is 5.91 Å². The second kappa shape index (κ2) is 3.40. The van der Waals surface area contributed by atoms with Gasteiger partial charge < -0.3 is 11.5 Å². The Hall–Kier alpha value is -1.62. The second-order valence-corrected chi connectivity index (χ2v) is 2.69. The minimum atomic E-state index is -0.749. The van der Waals surface area contributed by atoms with Crippen molar-refractivity contribution in [2.24, 2.45) is 11.5 Å². The van der Waals surface area contributed by atoms with Gasteiger partial charge in [0.05, 0.1) is 10.6 Å². The number of pyridine rings is 1. The molecule has 1 rings (SSSR count). The van der Waals surface area contributed by atoms with Gasteiger partial charge >= 0.3 is 0 Å². The maximum absolute atomic E-state index is 10.7. The molecule has 4 N–H and O–H groups in total. The van der Waals surface area contributed by atoms with Crippen molar-refractivity contribution in [2.45, 2.75) is 0 Å². The third-order valence-electron chi connectivity index (χ3n) is 1.36. The number of aromatic nitrogens is 1. The molecule has 0 spiro atoms. The van der Waals surface area contributed by atoms with Crippen molar-refractivity contribution in [3.8, 4) is 0 Å². The number of amides is 2. The van der Waals surface area contributed by atoms with Crippen LogP contribution in [0.2, 0.25) is 5.02 Å². The van der Waals surface area contributed by atoms with Crippen LogP contribution in [0.25, 0.3) is 0 Å². The summed E-state index contributed by atoms with van der Waals surface area (Å²) in [6.45, 7) is 0. The lowest BCUT2D eigenvalue weighted by Crippen LogP contribution is -2.16. The number of hydrogen-bond donors (Lipinski definition) is 2. The fourth-order valence-electron chi connectivity index (χ4n) is 0.754. The molecular weight excluding hydrogens is 194 g/mol. The Labute approximate surface area is 78.7 Å². The topological polar surface area (TPSA) is 99.1 Å². The first-order chi connectivity index (χ1) is 6.02. The van der Waals surface area contributed by atoms with Gasteiger partial charge in [0.15, 0.2) is 0 Å². The molecule has 13 heavy (non-hydrogen) atoms. The molecule has 6 heteroatoms. The Morgan fingerprint density at radius 1 is 1.31 bits per heavy atom. The van der Waals surface area contributed by atoms with Gasteiger partial charge in [0, 0.05) is 6.20 Å². The van der Waals surface area contributed by atoms with Crippen LogP contribution in [0, 0.1) is 0 Å². The number of primary amides is 2. The quantitative estimate of drug-likeness (QED) is 0.698. The predicted octanol–water partition coefficient (Wildman–Crippen LogP) is -0.0672. The van der Waals surface area contributed by atoms with Crippen LogP contribution in [0.3, 0.4) is 0 Å². The monoisotopic (exact) mass is 199 g/mol. The maximum Gasteiger partial charge on any atom is 0.268 e. The number of hydrogen-bond acceptors (Lipinski definition) is 3. The average Bonchev–Trinajstić information content (AvgIpc) is 2.03. The van der Waals surface area contributed by atoms with Gasteiger partial charge in [0.2, 0.25) is 5.91 Å². The van der Waals surface area contributed by atoms with Crippen molar-refractivity contribution in [3.05, 3.63) is 28.5 Å². The lowest BCUT2D eigenvalue weighted by molar-refractivity contribution is 0.0984. The summed E-state index contributed by atoms with van der Waals surface area (Å²) < 4.78 is 0. The Kier molecular flexibility index (Phi) is 2.48. The van der Waals surface area contributed by atoms with E-state index in [1.807, 2.05) is 0 Å². The Balaban J connectivity index is 3.20. The molecule has 0 aliphatic rings. The van der Waals surface area contributed by atoms with Crippen molar-refractivity contribution in [3.63, 3.8) is 0 Å². The second-order valence-electron chi connectivity index (χ2n) is 2.28. The van der Waals surface area contributed by atoms with Crippen LogP contribution in [0.5, 0.6) is 0 Å². The van der Waals surface area contributed by atoms with Crippen LogP contribution in [0.15, 0.2) is 12.3 Å². The van der Waals surface area contributed by atoms with E-state index in [0.717, 1.165) is 6.20 Å². The van der Waals surface area contributed by atoms with E-state index in [9.17, 15) is 9.59 Å². The van der Waals surface area contributed by atoms with E-state index >= 15 is 0 Å². The van der Waals surface area contributed by atoms with Gasteiger partial charge in [-0.2, -0.15) is 0 Å². The van der Waals surface area contributed by atoms with Crippen molar-refractivity contribution >= 4 is 23.4 Å². The number of nitrogens with zero attached hydrogens (tertiary/aromatic N) is 1. The summed E-state index contributed by atoms with van der Waals surface area (Å²) >= 11 is 5.60. The molecule has 2 amide bonds. The van der Waals surface area contributed by atoms with E-state index in [0.29, 0.717) is 0 Å². The van der Waals surface area contributed by atoms with Crippen molar-refractivity contribution in [1.29, 1.82) is 0 Å². The van der Waals surface area contributed by atoms with E-state index in [1.165, 1.54) is 6.07 Å². The van der Waals surface area contributed by atoms with E-state index in [4.69, 9.17) is 23.1 Å². The minimum absolute atomic E-state index is 0.0174. The molecule has 0 fully saturated rings. The molecule has 0 unspecified atom stereocenters. The molecule has 68 valence electrons. The van der Waals surface area contributed by atoms with Crippen LogP contribution < -0.4 is 11.5 Å². The smallest absolute Gasteiger partial charge is 0.268 e. The number of nitrogens with two attached hydrogens (primary N) is 2. The first-order valence-electron chi connectivity index (χ1n) is 3.27. The number of carbonyl (C=O) groups is 2. The molecule has 0 radical (unpaired) electrons. The van der Waals surface area contributed by atoms with Gasteiger partial charge in [-0.25, -0.2) is 4.98 Å². The average molecular weight is 200 g/mol. The predicted molar refractivity (Wildman–Crippen MR) is 46.3 cm³/mol. The third kappa shape index (κ3) is 1.94. The van der Waals surface area contributed by atoms with Crippen molar-refractivity contribution in [1.82, 2.24) is 4.98 Å². The highest BCUT2D eigenvalue weighted by Crippen LogP contribution is 2.14. The molecule has 0 atom stereocenters. The van der Waals surface area contributed by atoms with Gasteiger partial charge in [-0.1, -0.05) is 11.6 Å². The highest BCUT2D eigenvalue weighted by molar-refractivity contribution is 6.33. The molecule has 0 saturated carbocycles. The molecule has 1 heterocycles. The summed E-state index contributed by atoms with van der Waals surface area (Å²) in [4.78, 5) is 24.9. The lowest BCUT2D eigenvalue weighted by atomic mass is 10.2. The molecule has 0 saturated heterocycles. The SMILES string of the molecule is NC(=O)c1cnc(C(N)=O)c(Cl)c1. The van der Waals surface area contributed by atoms with Crippen LogP contribution in [0.1, 0.15) is 20.8 Å². The van der Waals surface area contributed by atoms with Crippen molar-refractivity contribution < 1.29 is 9.59 Å². The van der Waals surface area contributed by atoms with Crippen LogP contribution in [0.4, 0.5) is 0 Å². The van der Waals surface area contributed by atoms with E-state index in [1.54, 1.807) is 0 Å². The zero-order valence-corrected chi connectivity index (χ0v) is 7.21. The largest absolute Gasteiger partial charge is 0.366 e. The highest BCUT2D eigenvalue weighted by Gasteiger charge is 2.10. The summed E-state index contributed by atoms with van der Waals surface area (Å²) in [7, 11) is 0. The lowest BCUT2D eigenvalue weighted by Gasteiger charge is -1.99. The normalized spacial score (nSPS) is 9.62. The van der Waals surface area contributed by atoms with Crippen LogP contribution in [-0.4, -0.2) is 16.8 Å². The summed E-state index contributed by atoms with van der Waals surface area (Å²) in [5.41, 5.74) is 9.95. The Morgan fingerprint density at radius 2 is 1.92 bits per heavy atom. The Morgan fingerprint density at radius 3 is 2.31 bits per heavy atom. The first-order valence-corrected chi connectivity index (χ1v) is 3.65. The first kappa shape index (κ1) is 9.47. The summed E-state index contributed by atoms with van der Waals surface area (Å²) in [5, 5.41) is 0.0174. The summed E-state index contributed by atoms with van der Waals surface area (Å²) in [5.74, 6) is -1.41. The van der Waals surface area contributed by atoms with E-state index < -0.39 is 11.8 Å². The molecule has 0 aliphatic heterocycles. The van der Waals surface area contributed by atoms with Gasteiger partial charge in [-0.05, 0) is 6.07 Å². The minimum Gasteiger partial charge on any atom is -0.366 e. The number of halogens is 1. The standard InChI is InChI=1S/C7H6ClN3O2/c8-4-1-3(6(9)12)2-11-5(4)7(10)13/h1-2H,(H2,9,12)(H2,10,13). The number of rotatable bonds is 2. The fraction of sp³-hybridized carbons (Fsp3) is 0. The molecule has 5 nitrogen and oxygen atoms in total. The van der Waals surface area contributed by atoms with E-state index in [2.05, 4.69) is 4.98 Å². The zero-order chi connectivity index (χ0) is 10.0. The third-order valence-corrected chi connectivity index (χ3v) is 1.65. The summed E-state index contributed by atoms with van der Waals surface area (Å²) in [6, 6.07) is 1.25. The molecule has 0 bridgehead atoms. The molecule has 0 aromatic carbocycles. The van der Waals surface area contributed by atoms with Gasteiger partial charge in [-0.15, -0.1) is 0 Å². The van der Waals surface area contributed by atoms with E-state index in [-0.39, 0.29) is 16.3 Å². The molecule has 1 aromatic rings. The van der Waals surface area contributed by atoms with Gasteiger partial charge in [0.1, 0.15) is 5.69 Å². The van der Waals surface area contributed by atoms with Crippen molar-refractivity contribution in [2.75, 3.05) is 0 Å². The van der Waals surface area contributed by atoms with Crippen LogP contribution in [-0.2, 0) is 0 Å². The summed E-state index contributed by atoms with van der Waals surface area (Å²) in [6.07, 6.45) is 1.15. The molecular formula is C7H6ClN3O2. The van der Waals surface area contributed by atoms with Crippen LogP contribution >= 0.6 is 11.6 Å². The number of carbonyl (C=O) groups excluding carboxylic acids is 2. The fourth-order valence-corrected chi connectivity index (χ4v) is 1.01. The zero-order valence-electron chi connectivity index (χ0n) is 6.45.